The van der Waals surface area contributed by atoms with Crippen molar-refractivity contribution in [3.8, 4) is 0 Å². The van der Waals surface area contributed by atoms with Crippen LogP contribution in [0.4, 0.5) is 14.7 Å². The van der Waals surface area contributed by atoms with Crippen LogP contribution in [0.5, 0.6) is 0 Å². The lowest BCUT2D eigenvalue weighted by Crippen LogP contribution is -2.15. The Morgan fingerprint density at radius 1 is 1.21 bits per heavy atom. The van der Waals surface area contributed by atoms with Crippen LogP contribution in [0.3, 0.4) is 0 Å². The van der Waals surface area contributed by atoms with Gasteiger partial charge in [-0.1, -0.05) is 11.6 Å². The number of halogens is 3. The first-order chi connectivity index (χ1) is 8.95. The van der Waals surface area contributed by atoms with Crippen LogP contribution in [0.25, 0.3) is 0 Å². The third kappa shape index (κ3) is 3.23. The zero-order valence-corrected chi connectivity index (χ0v) is 10.5. The molecule has 0 aliphatic heterocycles. The third-order valence-electron chi connectivity index (χ3n) is 2.23. The predicted molar refractivity (Wildman–Crippen MR) is 66.1 cm³/mol. The molecule has 7 heteroatoms. The first-order valence-electron chi connectivity index (χ1n) is 5.23. The molecule has 1 heterocycles. The summed E-state index contributed by atoms with van der Waals surface area (Å²) >= 11 is 5.71. The molecule has 1 amide bonds. The summed E-state index contributed by atoms with van der Waals surface area (Å²) in [6.45, 7) is 1.68. The molecule has 0 saturated carbocycles. The summed E-state index contributed by atoms with van der Waals surface area (Å²) < 4.78 is 25.7. The van der Waals surface area contributed by atoms with E-state index in [1.54, 1.807) is 6.92 Å². The highest BCUT2D eigenvalue weighted by atomic mass is 35.5. The lowest BCUT2D eigenvalue weighted by atomic mass is 10.2. The quantitative estimate of drug-likeness (QED) is 0.862. The number of nitrogens with one attached hydrogen (secondary N) is 1. The second kappa shape index (κ2) is 5.27. The fourth-order valence-electron chi connectivity index (χ4n) is 1.40. The van der Waals surface area contributed by atoms with Crippen molar-refractivity contribution in [2.75, 3.05) is 5.32 Å². The predicted octanol–water partition coefficient (Wildman–Crippen LogP) is 2.97. The molecule has 4 nitrogen and oxygen atoms in total. The van der Waals surface area contributed by atoms with Crippen molar-refractivity contribution in [1.82, 2.24) is 9.97 Å². The summed E-state index contributed by atoms with van der Waals surface area (Å²) in [6, 6.07) is 4.34. The minimum Gasteiger partial charge on any atom is -0.290 e. The molecule has 0 unspecified atom stereocenters. The monoisotopic (exact) mass is 283 g/mol. The van der Waals surface area contributed by atoms with Gasteiger partial charge in [-0.3, -0.25) is 10.1 Å². The number of carbonyl (C=O) groups is 1. The number of anilines is 1. The molecule has 0 fully saturated rings. The number of nitrogens with zero attached hydrogens (tertiary/aromatic N) is 2. The van der Waals surface area contributed by atoms with E-state index in [2.05, 4.69) is 15.3 Å². The van der Waals surface area contributed by atoms with Gasteiger partial charge in [0.05, 0.1) is 0 Å². The highest BCUT2D eigenvalue weighted by molar-refractivity contribution is 6.29. The minimum atomic E-state index is -1.10. The number of aryl methyl sites for hydroxylation is 1. The van der Waals surface area contributed by atoms with Gasteiger partial charge in [-0.15, -0.1) is 0 Å². The maximum absolute atomic E-state index is 13.0. The fraction of sp³-hybridized carbons (Fsp3) is 0.0833. The van der Waals surface area contributed by atoms with E-state index in [0.717, 1.165) is 18.2 Å². The summed E-state index contributed by atoms with van der Waals surface area (Å²) in [5.41, 5.74) is 0.528. The van der Waals surface area contributed by atoms with Crippen molar-refractivity contribution in [2.24, 2.45) is 0 Å². The van der Waals surface area contributed by atoms with E-state index in [4.69, 9.17) is 11.6 Å². The summed E-state index contributed by atoms with van der Waals surface area (Å²) in [6.07, 6.45) is 0. The van der Waals surface area contributed by atoms with Gasteiger partial charge in [0.2, 0.25) is 5.95 Å². The van der Waals surface area contributed by atoms with E-state index in [1.165, 1.54) is 6.07 Å². The Balaban J connectivity index is 2.22. The third-order valence-corrected chi connectivity index (χ3v) is 2.42. The smallest absolute Gasteiger partial charge is 0.258 e. The molecule has 19 heavy (non-hydrogen) atoms. The Hall–Kier alpha value is -2.08. The number of aromatic nitrogens is 2. The van der Waals surface area contributed by atoms with Crippen LogP contribution in [-0.2, 0) is 0 Å². The van der Waals surface area contributed by atoms with Crippen molar-refractivity contribution in [3.63, 3.8) is 0 Å². The van der Waals surface area contributed by atoms with E-state index in [1.807, 2.05) is 0 Å². The van der Waals surface area contributed by atoms with Crippen LogP contribution >= 0.6 is 11.6 Å². The Kier molecular flexibility index (Phi) is 3.71. The lowest BCUT2D eigenvalue weighted by molar-refractivity contribution is 0.102. The van der Waals surface area contributed by atoms with Crippen LogP contribution in [0, 0.1) is 18.6 Å². The zero-order valence-electron chi connectivity index (χ0n) is 9.75. The fourth-order valence-corrected chi connectivity index (χ4v) is 1.64. The van der Waals surface area contributed by atoms with E-state index < -0.39 is 17.5 Å². The number of rotatable bonds is 2. The molecule has 2 aromatic rings. The zero-order chi connectivity index (χ0) is 14.0. The minimum absolute atomic E-state index is 0.000247. The van der Waals surface area contributed by atoms with E-state index >= 15 is 0 Å². The highest BCUT2D eigenvalue weighted by Gasteiger charge is 2.11. The maximum Gasteiger partial charge on any atom is 0.258 e. The largest absolute Gasteiger partial charge is 0.290 e. The standard InChI is InChI=1S/C12H8ClF2N3O/c1-6-4-10(13)17-12(16-6)18-11(19)7-2-3-8(14)9(15)5-7/h2-5H,1H3,(H,16,17,18,19). The van der Waals surface area contributed by atoms with Gasteiger partial charge in [0.15, 0.2) is 11.6 Å². The van der Waals surface area contributed by atoms with Crippen molar-refractivity contribution in [1.29, 1.82) is 0 Å². The van der Waals surface area contributed by atoms with Crippen LogP contribution in [0.1, 0.15) is 16.1 Å². The molecule has 0 saturated heterocycles. The van der Waals surface area contributed by atoms with Gasteiger partial charge in [-0.25, -0.2) is 18.7 Å². The second-order valence-corrected chi connectivity index (χ2v) is 4.13. The Labute approximate surface area is 112 Å². The highest BCUT2D eigenvalue weighted by Crippen LogP contribution is 2.12. The average molecular weight is 284 g/mol. The molecular formula is C12H8ClF2N3O. The average Bonchev–Trinajstić information content (AvgIpc) is 2.31. The SMILES string of the molecule is Cc1cc(Cl)nc(NC(=O)c2ccc(F)c(F)c2)n1. The van der Waals surface area contributed by atoms with Crippen molar-refractivity contribution >= 4 is 23.5 Å². The number of carbonyl (C=O) groups excluding carboxylic acids is 1. The van der Waals surface area contributed by atoms with Crippen molar-refractivity contribution in [2.45, 2.75) is 6.92 Å². The molecule has 0 bridgehead atoms. The Bertz CT molecular complexity index is 629. The second-order valence-electron chi connectivity index (χ2n) is 3.74. The van der Waals surface area contributed by atoms with Gasteiger partial charge in [0.1, 0.15) is 5.15 Å². The van der Waals surface area contributed by atoms with Crippen LogP contribution in [0.2, 0.25) is 5.15 Å². The molecule has 0 spiro atoms. The van der Waals surface area contributed by atoms with Crippen LogP contribution in [-0.4, -0.2) is 15.9 Å². The normalized spacial score (nSPS) is 10.3. The molecule has 0 aliphatic carbocycles. The molecule has 98 valence electrons. The molecular weight excluding hydrogens is 276 g/mol. The molecule has 0 atom stereocenters. The Morgan fingerprint density at radius 2 is 1.95 bits per heavy atom. The number of hydrogen-bond acceptors (Lipinski definition) is 3. The van der Waals surface area contributed by atoms with E-state index in [-0.39, 0.29) is 16.7 Å². The molecule has 1 aromatic carbocycles. The van der Waals surface area contributed by atoms with Gasteiger partial charge >= 0.3 is 0 Å². The van der Waals surface area contributed by atoms with Gasteiger partial charge < -0.3 is 0 Å². The topological polar surface area (TPSA) is 54.9 Å². The van der Waals surface area contributed by atoms with Gasteiger partial charge in [0.25, 0.3) is 5.91 Å². The number of amides is 1. The van der Waals surface area contributed by atoms with Crippen molar-refractivity contribution < 1.29 is 13.6 Å². The first kappa shape index (κ1) is 13.4. The number of benzene rings is 1. The van der Waals surface area contributed by atoms with Gasteiger partial charge in [-0.05, 0) is 31.2 Å². The summed E-state index contributed by atoms with van der Waals surface area (Å²) in [4.78, 5) is 19.5. The molecule has 0 aliphatic rings. The summed E-state index contributed by atoms with van der Waals surface area (Å²) in [5, 5.41) is 2.53. The van der Waals surface area contributed by atoms with Crippen LogP contribution in [0.15, 0.2) is 24.3 Å². The number of hydrogen-bond donors (Lipinski definition) is 1. The summed E-state index contributed by atoms with van der Waals surface area (Å²) in [7, 11) is 0. The van der Waals surface area contributed by atoms with E-state index in [0.29, 0.717) is 5.69 Å². The maximum atomic E-state index is 13.0. The first-order valence-corrected chi connectivity index (χ1v) is 5.61. The molecule has 1 aromatic heterocycles. The van der Waals surface area contributed by atoms with Gasteiger partial charge in [0, 0.05) is 11.3 Å². The Morgan fingerprint density at radius 3 is 2.58 bits per heavy atom. The molecule has 0 radical (unpaired) electrons. The summed E-state index contributed by atoms with van der Waals surface area (Å²) in [5.74, 6) is -2.78. The lowest BCUT2D eigenvalue weighted by Gasteiger charge is -2.05. The van der Waals surface area contributed by atoms with E-state index in [9.17, 15) is 13.6 Å². The van der Waals surface area contributed by atoms with Crippen molar-refractivity contribution in [3.05, 3.63) is 52.3 Å². The van der Waals surface area contributed by atoms with Crippen LogP contribution < -0.4 is 5.32 Å². The molecule has 2 rings (SSSR count). The van der Waals surface area contributed by atoms with Gasteiger partial charge in [-0.2, -0.15) is 0 Å². The molecule has 1 N–H and O–H groups in total.